The Balaban J connectivity index is 1.63. The van der Waals surface area contributed by atoms with Crippen molar-refractivity contribution >= 4 is 34.4 Å². The van der Waals surface area contributed by atoms with Crippen LogP contribution in [0.2, 0.25) is 0 Å². The SMILES string of the molecule is CCc1ccccc1NC(=O)C[C@@H]1SC2=NCCN2C1=O. The molecule has 0 aromatic heterocycles. The molecule has 0 unspecified atom stereocenters. The quantitative estimate of drug-likeness (QED) is 0.924. The highest BCUT2D eigenvalue weighted by Crippen LogP contribution is 2.31. The fourth-order valence-electron chi connectivity index (χ4n) is 2.53. The van der Waals surface area contributed by atoms with E-state index in [0.29, 0.717) is 13.1 Å². The minimum Gasteiger partial charge on any atom is -0.326 e. The monoisotopic (exact) mass is 303 g/mol. The molecule has 2 heterocycles. The second-order valence-electron chi connectivity index (χ2n) is 5.02. The summed E-state index contributed by atoms with van der Waals surface area (Å²) < 4.78 is 0. The third-order valence-electron chi connectivity index (χ3n) is 3.63. The lowest BCUT2D eigenvalue weighted by atomic mass is 10.1. The number of benzene rings is 1. The molecule has 0 radical (unpaired) electrons. The second-order valence-corrected chi connectivity index (χ2v) is 6.19. The minimum atomic E-state index is -0.335. The van der Waals surface area contributed by atoms with Crippen LogP contribution in [0.1, 0.15) is 18.9 Å². The first-order valence-corrected chi connectivity index (χ1v) is 7.97. The summed E-state index contributed by atoms with van der Waals surface area (Å²) in [6.45, 7) is 3.38. The van der Waals surface area contributed by atoms with Crippen molar-refractivity contribution in [3.05, 3.63) is 29.8 Å². The fraction of sp³-hybridized carbons (Fsp3) is 0.400. The molecule has 1 N–H and O–H groups in total. The molecule has 1 fully saturated rings. The standard InChI is InChI=1S/C15H17N3O2S/c1-2-10-5-3-4-6-11(10)17-13(19)9-12-14(20)18-8-7-16-15(18)21-12/h3-6,12H,2,7-9H2,1H3,(H,17,19)/t12-/m0/s1. The van der Waals surface area contributed by atoms with Crippen molar-refractivity contribution in [2.45, 2.75) is 25.0 Å². The summed E-state index contributed by atoms with van der Waals surface area (Å²) in [6.07, 6.45) is 1.05. The van der Waals surface area contributed by atoms with Crippen molar-refractivity contribution in [2.24, 2.45) is 4.99 Å². The van der Waals surface area contributed by atoms with Crippen molar-refractivity contribution in [3.63, 3.8) is 0 Å². The normalized spacial score (nSPS) is 20.4. The van der Waals surface area contributed by atoms with Crippen LogP contribution >= 0.6 is 11.8 Å². The number of nitrogens with one attached hydrogen (secondary N) is 1. The topological polar surface area (TPSA) is 61.8 Å². The van der Waals surface area contributed by atoms with E-state index in [0.717, 1.165) is 22.8 Å². The summed E-state index contributed by atoms with van der Waals surface area (Å²) in [4.78, 5) is 30.3. The average Bonchev–Trinajstić information content (AvgIpc) is 3.04. The van der Waals surface area contributed by atoms with Crippen LogP contribution in [-0.2, 0) is 16.0 Å². The Morgan fingerprint density at radius 2 is 2.29 bits per heavy atom. The first-order valence-electron chi connectivity index (χ1n) is 7.09. The van der Waals surface area contributed by atoms with Crippen molar-refractivity contribution < 1.29 is 9.59 Å². The van der Waals surface area contributed by atoms with Gasteiger partial charge in [-0.1, -0.05) is 36.9 Å². The van der Waals surface area contributed by atoms with Crippen LogP contribution in [0, 0.1) is 0 Å². The van der Waals surface area contributed by atoms with E-state index in [1.54, 1.807) is 4.90 Å². The van der Waals surface area contributed by atoms with Crippen LogP contribution in [0.4, 0.5) is 5.69 Å². The summed E-state index contributed by atoms with van der Waals surface area (Å²) >= 11 is 1.40. The van der Waals surface area contributed by atoms with Gasteiger partial charge in [0.05, 0.1) is 6.54 Å². The molecule has 0 spiro atoms. The van der Waals surface area contributed by atoms with E-state index in [-0.39, 0.29) is 23.5 Å². The highest BCUT2D eigenvalue weighted by Gasteiger charge is 2.40. The Labute approximate surface area is 127 Å². The molecule has 21 heavy (non-hydrogen) atoms. The van der Waals surface area contributed by atoms with Gasteiger partial charge in [0.25, 0.3) is 0 Å². The number of hydrogen-bond acceptors (Lipinski definition) is 4. The molecule has 6 heteroatoms. The number of hydrogen-bond donors (Lipinski definition) is 1. The molecule has 2 aliphatic heterocycles. The summed E-state index contributed by atoms with van der Waals surface area (Å²) in [5, 5.41) is 3.35. The summed E-state index contributed by atoms with van der Waals surface area (Å²) in [7, 11) is 0. The second kappa shape index (κ2) is 5.89. The number of para-hydroxylation sites is 1. The van der Waals surface area contributed by atoms with Gasteiger partial charge in [-0.2, -0.15) is 0 Å². The molecule has 1 atom stereocenters. The first-order chi connectivity index (χ1) is 10.2. The summed E-state index contributed by atoms with van der Waals surface area (Å²) in [6, 6.07) is 7.74. The van der Waals surface area contributed by atoms with E-state index in [1.807, 2.05) is 31.2 Å². The number of aryl methyl sites for hydroxylation is 1. The Bertz CT molecular complexity index is 615. The average molecular weight is 303 g/mol. The van der Waals surface area contributed by atoms with Crippen LogP contribution in [0.25, 0.3) is 0 Å². The molecule has 0 bridgehead atoms. The van der Waals surface area contributed by atoms with Crippen molar-refractivity contribution in [1.82, 2.24) is 4.90 Å². The maximum absolute atomic E-state index is 12.2. The maximum Gasteiger partial charge on any atom is 0.242 e. The van der Waals surface area contributed by atoms with E-state index in [1.165, 1.54) is 11.8 Å². The predicted octanol–water partition coefficient (Wildman–Crippen LogP) is 1.89. The molecule has 110 valence electrons. The predicted molar refractivity (Wildman–Crippen MR) is 84.5 cm³/mol. The Hall–Kier alpha value is -1.82. The van der Waals surface area contributed by atoms with Crippen LogP contribution in [0.5, 0.6) is 0 Å². The van der Waals surface area contributed by atoms with Gasteiger partial charge in [-0.25, -0.2) is 0 Å². The number of amides is 2. The van der Waals surface area contributed by atoms with Crippen molar-refractivity contribution in [2.75, 3.05) is 18.4 Å². The molecule has 2 aliphatic rings. The van der Waals surface area contributed by atoms with Crippen molar-refractivity contribution in [1.29, 1.82) is 0 Å². The van der Waals surface area contributed by atoms with Crippen LogP contribution in [-0.4, -0.2) is 40.2 Å². The van der Waals surface area contributed by atoms with E-state index in [9.17, 15) is 9.59 Å². The Kier molecular flexibility index (Phi) is 3.96. The zero-order chi connectivity index (χ0) is 14.8. The van der Waals surface area contributed by atoms with Crippen molar-refractivity contribution in [3.8, 4) is 0 Å². The molecule has 3 rings (SSSR count). The molecule has 2 amide bonds. The van der Waals surface area contributed by atoms with Gasteiger partial charge in [0, 0.05) is 18.7 Å². The molecule has 1 aromatic carbocycles. The number of aliphatic imine (C=N–C) groups is 1. The van der Waals surface area contributed by atoms with Gasteiger partial charge >= 0.3 is 0 Å². The van der Waals surface area contributed by atoms with Gasteiger partial charge in [-0.3, -0.25) is 19.5 Å². The van der Waals surface area contributed by atoms with E-state index < -0.39 is 0 Å². The minimum absolute atomic E-state index is 0.00942. The maximum atomic E-state index is 12.2. The van der Waals surface area contributed by atoms with Gasteiger partial charge in [0.2, 0.25) is 11.8 Å². The molecule has 0 aliphatic carbocycles. The molecule has 0 saturated carbocycles. The summed E-state index contributed by atoms with van der Waals surface area (Å²) in [5.74, 6) is -0.112. The smallest absolute Gasteiger partial charge is 0.242 e. The number of amidine groups is 1. The lowest BCUT2D eigenvalue weighted by Crippen LogP contribution is -2.32. The largest absolute Gasteiger partial charge is 0.326 e. The molecule has 1 saturated heterocycles. The first kappa shape index (κ1) is 14.1. The number of fused-ring (bicyclic) bond motifs is 1. The number of carbonyl (C=O) groups excluding carboxylic acids is 2. The fourth-order valence-corrected chi connectivity index (χ4v) is 3.72. The Morgan fingerprint density at radius 1 is 1.48 bits per heavy atom. The van der Waals surface area contributed by atoms with Gasteiger partial charge in [-0.05, 0) is 18.1 Å². The van der Waals surface area contributed by atoms with Crippen LogP contribution in [0.3, 0.4) is 0 Å². The molecule has 5 nitrogen and oxygen atoms in total. The number of thioether (sulfide) groups is 1. The van der Waals surface area contributed by atoms with Gasteiger partial charge in [-0.15, -0.1) is 0 Å². The summed E-state index contributed by atoms with van der Waals surface area (Å²) in [5.41, 5.74) is 1.93. The number of nitrogens with zero attached hydrogens (tertiary/aromatic N) is 2. The number of carbonyl (C=O) groups is 2. The Morgan fingerprint density at radius 3 is 3.05 bits per heavy atom. The molecular weight excluding hydrogens is 286 g/mol. The zero-order valence-corrected chi connectivity index (χ0v) is 12.7. The highest BCUT2D eigenvalue weighted by atomic mass is 32.2. The van der Waals surface area contributed by atoms with Gasteiger partial charge in [0.1, 0.15) is 5.25 Å². The van der Waals surface area contributed by atoms with E-state index >= 15 is 0 Å². The highest BCUT2D eigenvalue weighted by molar-refractivity contribution is 8.15. The lowest BCUT2D eigenvalue weighted by molar-refractivity contribution is -0.127. The van der Waals surface area contributed by atoms with E-state index in [4.69, 9.17) is 0 Å². The van der Waals surface area contributed by atoms with Crippen LogP contribution < -0.4 is 5.32 Å². The van der Waals surface area contributed by atoms with Gasteiger partial charge < -0.3 is 5.32 Å². The third kappa shape index (κ3) is 2.81. The van der Waals surface area contributed by atoms with Crippen LogP contribution in [0.15, 0.2) is 29.3 Å². The third-order valence-corrected chi connectivity index (χ3v) is 4.85. The number of anilines is 1. The van der Waals surface area contributed by atoms with E-state index in [2.05, 4.69) is 10.3 Å². The zero-order valence-electron chi connectivity index (χ0n) is 11.8. The van der Waals surface area contributed by atoms with Gasteiger partial charge in [0.15, 0.2) is 5.17 Å². The molecule has 1 aromatic rings. The molecular formula is C15H17N3O2S. The lowest BCUT2D eigenvalue weighted by Gasteiger charge is -2.12. The number of rotatable bonds is 4.